The Morgan fingerprint density at radius 2 is 1.52 bits per heavy atom. The Labute approximate surface area is 156 Å². The van der Waals surface area contributed by atoms with Gasteiger partial charge >= 0.3 is 0 Å². The van der Waals surface area contributed by atoms with E-state index < -0.39 is 0 Å². The number of para-hydroxylation sites is 1. The summed E-state index contributed by atoms with van der Waals surface area (Å²) in [5, 5.41) is 2.99. The lowest BCUT2D eigenvalue weighted by atomic mass is 10.0. The molecule has 0 heterocycles. The van der Waals surface area contributed by atoms with E-state index in [-0.39, 0.29) is 5.91 Å². The van der Waals surface area contributed by atoms with Crippen molar-refractivity contribution in [3.8, 4) is 0 Å². The van der Waals surface area contributed by atoms with Crippen LogP contribution in [0.4, 0.5) is 5.69 Å². The molecule has 3 rings (SSSR count). The van der Waals surface area contributed by atoms with Crippen LogP contribution in [0, 0.1) is 6.92 Å². The van der Waals surface area contributed by atoms with Crippen LogP contribution in [-0.4, -0.2) is 5.91 Å². The Balaban J connectivity index is 1.99. The molecule has 0 atom stereocenters. The molecular weight excluding hydrogens is 374 g/mol. The van der Waals surface area contributed by atoms with Gasteiger partial charge in [0.05, 0.1) is 5.69 Å². The molecule has 25 heavy (non-hydrogen) atoms. The molecule has 0 saturated heterocycles. The third-order valence-corrected chi connectivity index (χ3v) is 4.53. The van der Waals surface area contributed by atoms with Crippen LogP contribution in [0.3, 0.4) is 0 Å². The molecule has 0 bridgehead atoms. The molecule has 0 spiro atoms. The number of anilines is 1. The number of benzene rings is 3. The number of carbonyl (C=O) groups is 1. The smallest absolute Gasteiger partial charge is 0.256 e. The minimum absolute atomic E-state index is 0.139. The molecule has 0 aliphatic rings. The predicted molar refractivity (Wildman–Crippen MR) is 108 cm³/mol. The number of halogens is 1. The number of rotatable bonds is 4. The van der Waals surface area contributed by atoms with Crippen molar-refractivity contribution in [2.75, 3.05) is 5.32 Å². The molecule has 1 N–H and O–H groups in total. The maximum atomic E-state index is 13.0. The van der Waals surface area contributed by atoms with Gasteiger partial charge in [-0.15, -0.1) is 0 Å². The normalized spacial score (nSPS) is 11.2. The second kappa shape index (κ2) is 7.95. The fraction of sp³-hybridized carbons (Fsp3) is 0.0455. The first-order valence-electron chi connectivity index (χ1n) is 8.03. The summed E-state index contributed by atoms with van der Waals surface area (Å²) < 4.78 is 0.853. The SMILES string of the molecule is Cc1ccc(/C(=C\c2ccccc2)C(=O)Nc2ccccc2Br)cc1. The lowest BCUT2D eigenvalue weighted by Crippen LogP contribution is -2.14. The maximum absolute atomic E-state index is 13.0. The standard InChI is InChI=1S/C22H18BrNO/c1-16-11-13-18(14-12-16)19(15-17-7-3-2-4-8-17)22(25)24-21-10-6-5-9-20(21)23/h2-15H,1H3,(H,24,25)/b19-15+. The van der Waals surface area contributed by atoms with E-state index in [4.69, 9.17) is 0 Å². The largest absolute Gasteiger partial charge is 0.321 e. The van der Waals surface area contributed by atoms with Crippen molar-refractivity contribution < 1.29 is 4.79 Å². The molecule has 3 aromatic rings. The summed E-state index contributed by atoms with van der Waals surface area (Å²) in [7, 11) is 0. The van der Waals surface area contributed by atoms with Crippen molar-refractivity contribution in [1.82, 2.24) is 0 Å². The monoisotopic (exact) mass is 391 g/mol. The first-order chi connectivity index (χ1) is 12.1. The van der Waals surface area contributed by atoms with E-state index in [0.29, 0.717) is 5.57 Å². The number of hydrogen-bond acceptors (Lipinski definition) is 1. The summed E-state index contributed by atoms with van der Waals surface area (Å²) in [5.74, 6) is -0.139. The molecule has 3 heteroatoms. The van der Waals surface area contributed by atoms with Crippen molar-refractivity contribution in [2.24, 2.45) is 0 Å². The van der Waals surface area contributed by atoms with Crippen LogP contribution in [0.25, 0.3) is 11.6 Å². The average Bonchev–Trinajstić information content (AvgIpc) is 2.63. The zero-order valence-electron chi connectivity index (χ0n) is 13.9. The molecule has 1 amide bonds. The van der Waals surface area contributed by atoms with Crippen molar-refractivity contribution >= 4 is 39.2 Å². The zero-order chi connectivity index (χ0) is 17.6. The van der Waals surface area contributed by atoms with E-state index in [0.717, 1.165) is 26.9 Å². The Morgan fingerprint density at radius 3 is 2.20 bits per heavy atom. The second-order valence-corrected chi connectivity index (χ2v) is 6.62. The third kappa shape index (κ3) is 4.46. The minimum atomic E-state index is -0.139. The highest BCUT2D eigenvalue weighted by molar-refractivity contribution is 9.10. The Hall–Kier alpha value is -2.65. The van der Waals surface area contributed by atoms with Crippen molar-refractivity contribution in [1.29, 1.82) is 0 Å². The van der Waals surface area contributed by atoms with Gasteiger partial charge in [-0.05, 0) is 52.2 Å². The average molecular weight is 392 g/mol. The van der Waals surface area contributed by atoms with Crippen LogP contribution >= 0.6 is 15.9 Å². The molecule has 0 radical (unpaired) electrons. The van der Waals surface area contributed by atoms with Crippen molar-refractivity contribution in [2.45, 2.75) is 6.92 Å². The molecule has 0 unspecified atom stereocenters. The Bertz CT molecular complexity index is 899. The van der Waals surface area contributed by atoms with Gasteiger partial charge in [-0.2, -0.15) is 0 Å². The summed E-state index contributed by atoms with van der Waals surface area (Å²) in [5.41, 5.74) is 4.41. The van der Waals surface area contributed by atoms with Gasteiger partial charge in [0.2, 0.25) is 0 Å². The molecule has 0 saturated carbocycles. The second-order valence-electron chi connectivity index (χ2n) is 5.77. The van der Waals surface area contributed by atoms with Crippen LogP contribution < -0.4 is 5.32 Å². The summed E-state index contributed by atoms with van der Waals surface area (Å²) in [6, 6.07) is 25.4. The fourth-order valence-corrected chi connectivity index (χ4v) is 2.87. The first-order valence-corrected chi connectivity index (χ1v) is 8.82. The van der Waals surface area contributed by atoms with E-state index >= 15 is 0 Å². The minimum Gasteiger partial charge on any atom is -0.321 e. The van der Waals surface area contributed by atoms with Crippen molar-refractivity contribution in [3.05, 3.63) is 100 Å². The van der Waals surface area contributed by atoms with E-state index in [9.17, 15) is 4.79 Å². The zero-order valence-corrected chi connectivity index (χ0v) is 15.5. The lowest BCUT2D eigenvalue weighted by molar-refractivity contribution is -0.111. The quantitative estimate of drug-likeness (QED) is 0.432. The van der Waals surface area contributed by atoms with Gasteiger partial charge in [-0.25, -0.2) is 0 Å². The number of aryl methyl sites for hydroxylation is 1. The van der Waals surface area contributed by atoms with E-state index in [2.05, 4.69) is 21.2 Å². The highest BCUT2D eigenvalue weighted by Crippen LogP contribution is 2.25. The number of hydrogen-bond donors (Lipinski definition) is 1. The van der Waals surface area contributed by atoms with Crippen LogP contribution in [-0.2, 0) is 4.79 Å². The van der Waals surface area contributed by atoms with Gasteiger partial charge in [-0.1, -0.05) is 72.3 Å². The highest BCUT2D eigenvalue weighted by atomic mass is 79.9. The molecule has 124 valence electrons. The summed E-state index contributed by atoms with van der Waals surface area (Å²) >= 11 is 3.47. The number of carbonyl (C=O) groups excluding carboxylic acids is 1. The van der Waals surface area contributed by atoms with Gasteiger partial charge in [0, 0.05) is 10.0 Å². The lowest BCUT2D eigenvalue weighted by Gasteiger charge is -2.11. The van der Waals surface area contributed by atoms with Crippen LogP contribution in [0.15, 0.2) is 83.3 Å². The van der Waals surface area contributed by atoms with E-state index in [1.54, 1.807) is 0 Å². The molecular formula is C22H18BrNO. The molecule has 3 aromatic carbocycles. The van der Waals surface area contributed by atoms with E-state index in [1.807, 2.05) is 91.9 Å². The van der Waals surface area contributed by atoms with Crippen LogP contribution in [0.2, 0.25) is 0 Å². The van der Waals surface area contributed by atoms with Gasteiger partial charge in [0.25, 0.3) is 5.91 Å². The van der Waals surface area contributed by atoms with Gasteiger partial charge in [0.15, 0.2) is 0 Å². The highest BCUT2D eigenvalue weighted by Gasteiger charge is 2.13. The summed E-state index contributed by atoms with van der Waals surface area (Å²) in [6.45, 7) is 2.03. The summed E-state index contributed by atoms with van der Waals surface area (Å²) in [6.07, 6.45) is 1.91. The molecule has 2 nitrogen and oxygen atoms in total. The number of nitrogens with one attached hydrogen (secondary N) is 1. The van der Waals surface area contributed by atoms with Gasteiger partial charge in [-0.3, -0.25) is 4.79 Å². The maximum Gasteiger partial charge on any atom is 0.256 e. The van der Waals surface area contributed by atoms with Gasteiger partial charge in [0.1, 0.15) is 0 Å². The molecule has 0 aliphatic heterocycles. The van der Waals surface area contributed by atoms with Crippen LogP contribution in [0.1, 0.15) is 16.7 Å². The first kappa shape index (κ1) is 17.2. The number of amides is 1. The summed E-state index contributed by atoms with van der Waals surface area (Å²) in [4.78, 5) is 13.0. The Kier molecular flexibility index (Phi) is 5.46. The van der Waals surface area contributed by atoms with Gasteiger partial charge < -0.3 is 5.32 Å². The molecule has 0 aliphatic carbocycles. The molecule has 0 aromatic heterocycles. The van der Waals surface area contributed by atoms with Crippen LogP contribution in [0.5, 0.6) is 0 Å². The Morgan fingerprint density at radius 1 is 0.880 bits per heavy atom. The predicted octanol–water partition coefficient (Wildman–Crippen LogP) is 5.94. The fourth-order valence-electron chi connectivity index (χ4n) is 2.48. The van der Waals surface area contributed by atoms with Crippen molar-refractivity contribution in [3.63, 3.8) is 0 Å². The van der Waals surface area contributed by atoms with E-state index in [1.165, 1.54) is 0 Å². The molecule has 0 fully saturated rings. The third-order valence-electron chi connectivity index (χ3n) is 3.84. The topological polar surface area (TPSA) is 29.1 Å².